The van der Waals surface area contributed by atoms with Gasteiger partial charge in [0.25, 0.3) is 11.8 Å². The Balaban J connectivity index is 1.58. The number of pyridine rings is 1. The molecule has 7 heteroatoms. The Labute approximate surface area is 169 Å². The van der Waals surface area contributed by atoms with Gasteiger partial charge in [0.1, 0.15) is 0 Å². The van der Waals surface area contributed by atoms with Gasteiger partial charge in [-0.15, -0.1) is 0 Å². The molecule has 0 aliphatic heterocycles. The summed E-state index contributed by atoms with van der Waals surface area (Å²) in [7, 11) is 0. The maximum atomic E-state index is 12.2. The number of rotatable bonds is 5. The van der Waals surface area contributed by atoms with Crippen LogP contribution in [-0.4, -0.2) is 23.0 Å². The first-order chi connectivity index (χ1) is 13.1. The van der Waals surface area contributed by atoms with Crippen LogP contribution in [0.25, 0.3) is 0 Å². The van der Waals surface area contributed by atoms with Crippen molar-refractivity contribution < 1.29 is 9.59 Å². The number of hydrogen-bond acceptors (Lipinski definition) is 4. The predicted octanol–water partition coefficient (Wildman–Crippen LogP) is 3.70. The van der Waals surface area contributed by atoms with E-state index in [1.54, 1.807) is 60.9 Å². The van der Waals surface area contributed by atoms with Crippen LogP contribution in [0.4, 0.5) is 5.69 Å². The number of hydrazone groups is 1. The Morgan fingerprint density at radius 2 is 1.67 bits per heavy atom. The second-order valence-electron chi connectivity index (χ2n) is 5.52. The molecule has 2 N–H and O–H groups in total. The third-order valence-corrected chi connectivity index (χ3v) is 4.25. The second-order valence-corrected chi connectivity index (χ2v) is 6.77. The highest BCUT2D eigenvalue weighted by molar-refractivity contribution is 14.1. The topological polar surface area (TPSA) is 83.4 Å². The van der Waals surface area contributed by atoms with Crippen molar-refractivity contribution in [2.45, 2.75) is 0 Å². The van der Waals surface area contributed by atoms with Crippen molar-refractivity contribution in [3.63, 3.8) is 0 Å². The monoisotopic (exact) mass is 470 g/mol. The lowest BCUT2D eigenvalue weighted by Crippen LogP contribution is -2.17. The van der Waals surface area contributed by atoms with Gasteiger partial charge in [0, 0.05) is 32.8 Å². The van der Waals surface area contributed by atoms with Gasteiger partial charge in [-0.1, -0.05) is 6.07 Å². The van der Waals surface area contributed by atoms with Crippen LogP contribution in [0, 0.1) is 3.57 Å². The zero-order valence-corrected chi connectivity index (χ0v) is 16.3. The van der Waals surface area contributed by atoms with Gasteiger partial charge < -0.3 is 5.32 Å². The summed E-state index contributed by atoms with van der Waals surface area (Å²) in [6.45, 7) is 0. The number of benzene rings is 2. The molecule has 134 valence electrons. The van der Waals surface area contributed by atoms with Crippen LogP contribution in [-0.2, 0) is 0 Å². The molecule has 0 aliphatic rings. The maximum absolute atomic E-state index is 12.2. The number of amides is 2. The fraction of sp³-hybridized carbons (Fsp3) is 0. The number of aromatic nitrogens is 1. The molecule has 0 unspecified atom stereocenters. The van der Waals surface area contributed by atoms with Gasteiger partial charge in [0.15, 0.2) is 0 Å². The van der Waals surface area contributed by atoms with Crippen molar-refractivity contribution in [2.24, 2.45) is 5.10 Å². The van der Waals surface area contributed by atoms with E-state index in [1.807, 2.05) is 12.1 Å². The molecule has 0 saturated heterocycles. The number of nitrogens with zero attached hydrogens (tertiary/aromatic N) is 2. The molecule has 0 fully saturated rings. The van der Waals surface area contributed by atoms with E-state index in [9.17, 15) is 9.59 Å². The van der Waals surface area contributed by atoms with E-state index in [-0.39, 0.29) is 11.8 Å². The van der Waals surface area contributed by atoms with Crippen LogP contribution in [0.2, 0.25) is 0 Å². The summed E-state index contributed by atoms with van der Waals surface area (Å²) in [6, 6.07) is 17.5. The average Bonchev–Trinajstić information content (AvgIpc) is 2.69. The molecule has 3 aromatic rings. The van der Waals surface area contributed by atoms with Gasteiger partial charge in [-0.25, -0.2) is 5.43 Å². The van der Waals surface area contributed by atoms with Crippen LogP contribution >= 0.6 is 22.6 Å². The average molecular weight is 470 g/mol. The van der Waals surface area contributed by atoms with Crippen molar-refractivity contribution >= 4 is 46.3 Å². The first kappa shape index (κ1) is 18.7. The smallest absolute Gasteiger partial charge is 0.271 e. The minimum atomic E-state index is -0.337. The predicted molar refractivity (Wildman–Crippen MR) is 113 cm³/mol. The molecule has 0 radical (unpaired) electrons. The maximum Gasteiger partial charge on any atom is 0.271 e. The molecule has 6 nitrogen and oxygen atoms in total. The molecule has 0 atom stereocenters. The number of nitrogens with one attached hydrogen (secondary N) is 2. The van der Waals surface area contributed by atoms with Crippen LogP contribution in [0.3, 0.4) is 0 Å². The highest BCUT2D eigenvalue weighted by Crippen LogP contribution is 2.13. The summed E-state index contributed by atoms with van der Waals surface area (Å²) >= 11 is 2.16. The van der Waals surface area contributed by atoms with E-state index in [4.69, 9.17) is 0 Å². The number of carbonyl (C=O) groups is 2. The van der Waals surface area contributed by atoms with E-state index < -0.39 is 0 Å². The number of carbonyl (C=O) groups excluding carboxylic acids is 2. The molecule has 0 saturated carbocycles. The summed E-state index contributed by atoms with van der Waals surface area (Å²) in [5.74, 6) is -0.538. The zero-order chi connectivity index (χ0) is 19.1. The van der Waals surface area contributed by atoms with Gasteiger partial charge in [0.2, 0.25) is 0 Å². The van der Waals surface area contributed by atoms with Gasteiger partial charge in [-0.2, -0.15) is 5.10 Å². The summed E-state index contributed by atoms with van der Waals surface area (Å²) in [5, 5.41) is 6.72. The minimum Gasteiger partial charge on any atom is -0.322 e. The Hall–Kier alpha value is -3.07. The molecule has 27 heavy (non-hydrogen) atoms. The fourth-order valence-electron chi connectivity index (χ4n) is 2.22. The van der Waals surface area contributed by atoms with Crippen LogP contribution in [0.1, 0.15) is 26.3 Å². The lowest BCUT2D eigenvalue weighted by atomic mass is 10.1. The standard InChI is InChI=1S/C20H15IN4O2/c21-17-3-1-2-16(12-17)19(26)24-18-6-4-15(5-7-18)20(27)25-23-13-14-8-10-22-11-9-14/h1-13H,(H,24,26)(H,25,27)/b23-13+. The Morgan fingerprint density at radius 3 is 2.37 bits per heavy atom. The van der Waals surface area contributed by atoms with Gasteiger partial charge in [-0.3, -0.25) is 14.6 Å². The Morgan fingerprint density at radius 1 is 0.926 bits per heavy atom. The summed E-state index contributed by atoms with van der Waals surface area (Å²) in [5.41, 5.74) is 4.92. The van der Waals surface area contributed by atoms with Gasteiger partial charge >= 0.3 is 0 Å². The Bertz CT molecular complexity index is 973. The van der Waals surface area contributed by atoms with Crippen molar-refractivity contribution in [1.82, 2.24) is 10.4 Å². The lowest BCUT2D eigenvalue weighted by Gasteiger charge is -2.06. The molecule has 1 heterocycles. The van der Waals surface area contributed by atoms with E-state index in [0.717, 1.165) is 9.13 Å². The molecule has 0 aliphatic carbocycles. The summed E-state index contributed by atoms with van der Waals surface area (Å²) < 4.78 is 0.986. The molecule has 2 aromatic carbocycles. The van der Waals surface area contributed by atoms with Crippen LogP contribution in [0.15, 0.2) is 78.2 Å². The quantitative estimate of drug-likeness (QED) is 0.339. The van der Waals surface area contributed by atoms with E-state index in [1.165, 1.54) is 6.21 Å². The first-order valence-electron chi connectivity index (χ1n) is 8.02. The van der Waals surface area contributed by atoms with Crippen molar-refractivity contribution in [1.29, 1.82) is 0 Å². The molecule has 0 spiro atoms. The number of halogens is 1. The molecule has 1 aromatic heterocycles. The zero-order valence-electron chi connectivity index (χ0n) is 14.1. The van der Waals surface area contributed by atoms with Crippen LogP contribution < -0.4 is 10.7 Å². The molecular weight excluding hydrogens is 455 g/mol. The van der Waals surface area contributed by atoms with Crippen molar-refractivity contribution in [3.8, 4) is 0 Å². The summed E-state index contributed by atoms with van der Waals surface area (Å²) in [4.78, 5) is 28.3. The normalized spacial score (nSPS) is 10.6. The highest BCUT2D eigenvalue weighted by atomic mass is 127. The van der Waals surface area contributed by atoms with E-state index >= 15 is 0 Å². The summed E-state index contributed by atoms with van der Waals surface area (Å²) in [6.07, 6.45) is 4.83. The van der Waals surface area contributed by atoms with Crippen LogP contribution in [0.5, 0.6) is 0 Å². The van der Waals surface area contributed by atoms with Crippen molar-refractivity contribution in [2.75, 3.05) is 5.32 Å². The SMILES string of the molecule is O=C(N/N=C/c1ccncc1)c1ccc(NC(=O)c2cccc(I)c2)cc1. The highest BCUT2D eigenvalue weighted by Gasteiger charge is 2.08. The first-order valence-corrected chi connectivity index (χ1v) is 9.10. The molecule has 2 amide bonds. The van der Waals surface area contributed by atoms with E-state index in [0.29, 0.717) is 16.8 Å². The third-order valence-electron chi connectivity index (χ3n) is 3.58. The second kappa shape index (κ2) is 9.04. The molecule has 3 rings (SSSR count). The number of hydrogen-bond donors (Lipinski definition) is 2. The largest absolute Gasteiger partial charge is 0.322 e. The number of anilines is 1. The minimum absolute atomic E-state index is 0.201. The van der Waals surface area contributed by atoms with Crippen molar-refractivity contribution in [3.05, 3.63) is 93.3 Å². The lowest BCUT2D eigenvalue weighted by molar-refractivity contribution is 0.0954. The molecule has 0 bridgehead atoms. The third kappa shape index (κ3) is 5.45. The fourth-order valence-corrected chi connectivity index (χ4v) is 2.76. The Kier molecular flexibility index (Phi) is 6.26. The van der Waals surface area contributed by atoms with E-state index in [2.05, 4.69) is 43.4 Å². The van der Waals surface area contributed by atoms with Gasteiger partial charge in [-0.05, 0) is 82.8 Å². The van der Waals surface area contributed by atoms with Gasteiger partial charge in [0.05, 0.1) is 6.21 Å². The molecular formula is C20H15IN4O2.